The zero-order valence-electron chi connectivity index (χ0n) is 17.7. The molecule has 160 valence electrons. The van der Waals surface area contributed by atoms with Crippen LogP contribution >= 0.6 is 0 Å². The van der Waals surface area contributed by atoms with Gasteiger partial charge < -0.3 is 14.2 Å². The first-order valence-electron chi connectivity index (χ1n) is 10.2. The van der Waals surface area contributed by atoms with E-state index in [4.69, 9.17) is 4.52 Å². The number of hydrogen-bond donors (Lipinski definition) is 1. The maximum absolute atomic E-state index is 13.2. The van der Waals surface area contributed by atoms with Crippen molar-refractivity contribution in [2.45, 2.75) is 27.0 Å². The van der Waals surface area contributed by atoms with Crippen molar-refractivity contribution in [2.75, 3.05) is 0 Å². The van der Waals surface area contributed by atoms with E-state index in [0.717, 1.165) is 22.3 Å². The minimum atomic E-state index is -0.301. The molecule has 0 aliphatic rings. The highest BCUT2D eigenvalue weighted by Gasteiger charge is 2.18. The lowest BCUT2D eigenvalue weighted by Gasteiger charge is -2.03. The number of fused-ring (bicyclic) bond motifs is 1. The number of hydrogen-bond acceptors (Lipinski definition) is 6. The van der Waals surface area contributed by atoms with Gasteiger partial charge in [-0.25, -0.2) is 4.52 Å². The molecule has 1 N–H and O–H groups in total. The topological polar surface area (TPSA) is 98.5 Å². The van der Waals surface area contributed by atoms with E-state index in [9.17, 15) is 9.90 Å². The standard InChI is InChI=1S/C24H21N5O3/c1-15-3-7-17(8-4-15)21-19(14-30)22-24(31)28(11-12-29(22)26-21)13-20-25-23(27-32-20)18-9-5-16(2)6-10-18/h3-12,30H,13-14H2,1-2H3. The molecular formula is C24H21N5O3. The van der Waals surface area contributed by atoms with Crippen LogP contribution in [0.1, 0.15) is 22.6 Å². The Morgan fingerprint density at radius 2 is 1.59 bits per heavy atom. The Bertz CT molecular complexity index is 1460. The molecule has 5 aromatic rings. The summed E-state index contributed by atoms with van der Waals surface area (Å²) in [6, 6.07) is 15.6. The Hall–Kier alpha value is -4.04. The van der Waals surface area contributed by atoms with E-state index in [-0.39, 0.29) is 18.7 Å². The van der Waals surface area contributed by atoms with Gasteiger partial charge in [0.05, 0.1) is 12.3 Å². The molecule has 3 aromatic heterocycles. The van der Waals surface area contributed by atoms with Gasteiger partial charge in [0, 0.05) is 29.1 Å². The van der Waals surface area contributed by atoms with Crippen molar-refractivity contribution in [3.63, 3.8) is 0 Å². The Morgan fingerprint density at radius 1 is 0.938 bits per heavy atom. The lowest BCUT2D eigenvalue weighted by atomic mass is 10.1. The fraction of sp³-hybridized carbons (Fsp3) is 0.167. The molecule has 8 heteroatoms. The third kappa shape index (κ3) is 3.50. The minimum absolute atomic E-state index is 0.115. The van der Waals surface area contributed by atoms with Crippen LogP contribution in [0.15, 0.2) is 70.2 Å². The molecule has 0 atom stereocenters. The van der Waals surface area contributed by atoms with Crippen LogP contribution in [-0.2, 0) is 13.2 Å². The maximum Gasteiger partial charge on any atom is 0.277 e. The second-order valence-corrected chi connectivity index (χ2v) is 7.75. The lowest BCUT2D eigenvalue weighted by molar-refractivity contribution is 0.283. The van der Waals surface area contributed by atoms with Crippen molar-refractivity contribution in [1.29, 1.82) is 0 Å². The molecule has 0 amide bonds. The number of aliphatic hydroxyl groups excluding tert-OH is 1. The molecule has 32 heavy (non-hydrogen) atoms. The summed E-state index contributed by atoms with van der Waals surface area (Å²) in [7, 11) is 0. The molecule has 0 saturated heterocycles. The largest absolute Gasteiger partial charge is 0.392 e. The van der Waals surface area contributed by atoms with Crippen LogP contribution < -0.4 is 5.56 Å². The van der Waals surface area contributed by atoms with Gasteiger partial charge in [0.2, 0.25) is 11.7 Å². The maximum atomic E-state index is 13.2. The highest BCUT2D eigenvalue weighted by molar-refractivity contribution is 5.72. The summed E-state index contributed by atoms with van der Waals surface area (Å²) in [6.07, 6.45) is 3.31. The van der Waals surface area contributed by atoms with Crippen molar-refractivity contribution in [2.24, 2.45) is 0 Å². The quantitative estimate of drug-likeness (QED) is 0.462. The van der Waals surface area contributed by atoms with Crippen molar-refractivity contribution in [3.8, 4) is 22.6 Å². The lowest BCUT2D eigenvalue weighted by Crippen LogP contribution is -2.22. The molecule has 0 aliphatic carbocycles. The van der Waals surface area contributed by atoms with Gasteiger partial charge in [-0.15, -0.1) is 0 Å². The number of nitrogens with zero attached hydrogens (tertiary/aromatic N) is 5. The smallest absolute Gasteiger partial charge is 0.277 e. The predicted molar refractivity (Wildman–Crippen MR) is 119 cm³/mol. The van der Waals surface area contributed by atoms with Crippen LogP contribution in [0.25, 0.3) is 28.2 Å². The molecular weight excluding hydrogens is 406 g/mol. The van der Waals surface area contributed by atoms with Gasteiger partial charge in [-0.3, -0.25) is 4.79 Å². The molecule has 0 fully saturated rings. The fourth-order valence-electron chi connectivity index (χ4n) is 3.65. The van der Waals surface area contributed by atoms with Crippen molar-refractivity contribution < 1.29 is 9.63 Å². The summed E-state index contributed by atoms with van der Waals surface area (Å²) < 4.78 is 8.35. The summed E-state index contributed by atoms with van der Waals surface area (Å²) in [5.41, 5.74) is 5.04. The molecule has 0 unspecified atom stereocenters. The first kappa shape index (κ1) is 19.9. The number of aromatic nitrogens is 5. The van der Waals surface area contributed by atoms with E-state index < -0.39 is 0 Å². The van der Waals surface area contributed by atoms with Crippen LogP contribution in [0.4, 0.5) is 0 Å². The first-order chi connectivity index (χ1) is 15.5. The van der Waals surface area contributed by atoms with E-state index in [1.807, 2.05) is 62.4 Å². The second-order valence-electron chi connectivity index (χ2n) is 7.75. The second kappa shape index (κ2) is 7.90. The molecule has 0 radical (unpaired) electrons. The Kier molecular flexibility index (Phi) is 4.91. The van der Waals surface area contributed by atoms with Gasteiger partial charge in [-0.2, -0.15) is 10.1 Å². The van der Waals surface area contributed by atoms with E-state index in [1.54, 1.807) is 12.4 Å². The summed E-state index contributed by atoms with van der Waals surface area (Å²) >= 11 is 0. The average molecular weight is 427 g/mol. The van der Waals surface area contributed by atoms with Gasteiger partial charge in [-0.1, -0.05) is 64.8 Å². The highest BCUT2D eigenvalue weighted by atomic mass is 16.5. The number of aliphatic hydroxyl groups is 1. The minimum Gasteiger partial charge on any atom is -0.392 e. The highest BCUT2D eigenvalue weighted by Crippen LogP contribution is 2.25. The van der Waals surface area contributed by atoms with Crippen LogP contribution in [0, 0.1) is 13.8 Å². The van der Waals surface area contributed by atoms with E-state index in [2.05, 4.69) is 15.2 Å². The summed E-state index contributed by atoms with van der Waals surface area (Å²) in [4.78, 5) is 17.6. The van der Waals surface area contributed by atoms with E-state index in [0.29, 0.717) is 28.5 Å². The third-order valence-electron chi connectivity index (χ3n) is 5.43. The van der Waals surface area contributed by atoms with E-state index in [1.165, 1.54) is 9.08 Å². The van der Waals surface area contributed by atoms with Crippen LogP contribution in [0.3, 0.4) is 0 Å². The molecule has 3 heterocycles. The SMILES string of the molecule is Cc1ccc(-c2noc(Cn3ccn4nc(-c5ccc(C)cc5)c(CO)c4c3=O)n2)cc1. The Morgan fingerprint density at radius 3 is 2.25 bits per heavy atom. The Labute approximate surface area is 183 Å². The molecule has 0 aliphatic heterocycles. The van der Waals surface area contributed by atoms with Crippen LogP contribution in [0.2, 0.25) is 0 Å². The molecule has 0 bridgehead atoms. The molecule has 5 rings (SSSR count). The van der Waals surface area contributed by atoms with Gasteiger partial charge in [0.1, 0.15) is 12.1 Å². The molecule has 8 nitrogen and oxygen atoms in total. The molecule has 0 spiro atoms. The van der Waals surface area contributed by atoms with Gasteiger partial charge in [0.15, 0.2) is 0 Å². The van der Waals surface area contributed by atoms with Crippen molar-refractivity contribution >= 4 is 5.52 Å². The number of aryl methyl sites for hydroxylation is 2. The Balaban J connectivity index is 1.52. The predicted octanol–water partition coefficient (Wildman–Crippen LogP) is 3.37. The first-order valence-corrected chi connectivity index (χ1v) is 10.2. The zero-order chi connectivity index (χ0) is 22.2. The third-order valence-corrected chi connectivity index (χ3v) is 5.43. The molecule has 2 aromatic carbocycles. The number of benzene rings is 2. The average Bonchev–Trinajstić information content (AvgIpc) is 3.42. The summed E-state index contributed by atoms with van der Waals surface area (Å²) in [6.45, 7) is 3.82. The van der Waals surface area contributed by atoms with Gasteiger partial charge in [0.25, 0.3) is 5.56 Å². The normalized spacial score (nSPS) is 11.3. The fourth-order valence-corrected chi connectivity index (χ4v) is 3.65. The zero-order valence-corrected chi connectivity index (χ0v) is 17.7. The number of rotatable bonds is 5. The van der Waals surface area contributed by atoms with Crippen molar-refractivity contribution in [3.05, 3.63) is 93.9 Å². The van der Waals surface area contributed by atoms with Crippen LogP contribution in [0.5, 0.6) is 0 Å². The van der Waals surface area contributed by atoms with Crippen LogP contribution in [-0.4, -0.2) is 29.4 Å². The van der Waals surface area contributed by atoms with Crippen molar-refractivity contribution in [1.82, 2.24) is 24.3 Å². The van der Waals surface area contributed by atoms with E-state index >= 15 is 0 Å². The monoisotopic (exact) mass is 427 g/mol. The summed E-state index contributed by atoms with van der Waals surface area (Å²) in [5, 5.41) is 18.6. The van der Waals surface area contributed by atoms with Gasteiger partial charge in [-0.05, 0) is 13.8 Å². The summed E-state index contributed by atoms with van der Waals surface area (Å²) in [5.74, 6) is 0.784. The van der Waals surface area contributed by atoms with Gasteiger partial charge >= 0.3 is 0 Å². The molecule has 0 saturated carbocycles.